The summed E-state index contributed by atoms with van der Waals surface area (Å²) in [7, 11) is 0. The number of aryl methyl sites for hydroxylation is 1. The number of carbonyl (C=O) groups excluding carboxylic acids is 1. The number of hydrogen-bond donors (Lipinski definition) is 1. The summed E-state index contributed by atoms with van der Waals surface area (Å²) in [6, 6.07) is 24.1. The first-order valence-corrected chi connectivity index (χ1v) is 12.2. The number of anilines is 1. The average molecular weight is 446 g/mol. The van der Waals surface area contributed by atoms with Gasteiger partial charge in [0.05, 0.1) is 22.5 Å². The van der Waals surface area contributed by atoms with Gasteiger partial charge in [0.2, 0.25) is 5.91 Å². The number of para-hydroxylation sites is 2. The summed E-state index contributed by atoms with van der Waals surface area (Å²) >= 11 is 3.08. The first-order valence-electron chi connectivity index (χ1n) is 9.98. The largest absolute Gasteiger partial charge is 0.325 e. The van der Waals surface area contributed by atoms with Gasteiger partial charge in [0.15, 0.2) is 0 Å². The topological polar surface area (TPSA) is 54.9 Å². The summed E-state index contributed by atoms with van der Waals surface area (Å²) in [5.41, 5.74) is 5.81. The average Bonchev–Trinajstić information content (AvgIpc) is 2.79. The SMILES string of the molecule is CSc1cccc(NC(=O)CSc2nc3ccccc3nc2Cc2ccc(C)cc2)c1. The quantitative estimate of drug-likeness (QED) is 0.355. The van der Waals surface area contributed by atoms with Crippen LogP contribution in [0.5, 0.6) is 0 Å². The standard InChI is InChI=1S/C25H23N3OS2/c1-17-10-12-18(13-11-17)14-23-25(28-22-9-4-3-8-21(22)27-23)31-16-24(29)26-19-6-5-7-20(15-19)30-2/h3-13,15H,14,16H2,1-2H3,(H,26,29). The van der Waals surface area contributed by atoms with Crippen molar-refractivity contribution in [3.63, 3.8) is 0 Å². The molecule has 4 aromatic rings. The smallest absolute Gasteiger partial charge is 0.234 e. The fourth-order valence-corrected chi connectivity index (χ4v) is 4.43. The minimum Gasteiger partial charge on any atom is -0.325 e. The van der Waals surface area contributed by atoms with Crippen LogP contribution in [0, 0.1) is 6.92 Å². The highest BCUT2D eigenvalue weighted by molar-refractivity contribution is 8.00. The Morgan fingerprint density at radius 2 is 1.68 bits per heavy atom. The van der Waals surface area contributed by atoms with Crippen molar-refractivity contribution in [3.8, 4) is 0 Å². The molecule has 1 heterocycles. The zero-order valence-electron chi connectivity index (χ0n) is 17.5. The molecule has 0 atom stereocenters. The molecule has 1 aromatic heterocycles. The number of nitrogens with one attached hydrogen (secondary N) is 1. The molecule has 1 N–H and O–H groups in total. The molecule has 156 valence electrons. The molecule has 31 heavy (non-hydrogen) atoms. The van der Waals surface area contributed by atoms with E-state index in [1.54, 1.807) is 11.8 Å². The van der Waals surface area contributed by atoms with E-state index in [0.717, 1.165) is 32.3 Å². The van der Waals surface area contributed by atoms with E-state index in [1.165, 1.54) is 22.9 Å². The molecule has 6 heteroatoms. The minimum atomic E-state index is -0.0560. The molecule has 1 amide bonds. The molecule has 0 saturated carbocycles. The van der Waals surface area contributed by atoms with Crippen LogP contribution >= 0.6 is 23.5 Å². The summed E-state index contributed by atoms with van der Waals surface area (Å²) < 4.78 is 0. The number of thioether (sulfide) groups is 2. The van der Waals surface area contributed by atoms with Crippen molar-refractivity contribution in [2.24, 2.45) is 0 Å². The second-order valence-electron chi connectivity index (χ2n) is 7.20. The number of nitrogens with zero attached hydrogens (tertiary/aromatic N) is 2. The van der Waals surface area contributed by atoms with Crippen molar-refractivity contribution >= 4 is 46.2 Å². The van der Waals surface area contributed by atoms with Gasteiger partial charge in [-0.25, -0.2) is 9.97 Å². The Balaban J connectivity index is 1.53. The van der Waals surface area contributed by atoms with E-state index in [4.69, 9.17) is 9.97 Å². The molecule has 0 aliphatic rings. The third-order valence-electron chi connectivity index (χ3n) is 4.79. The van der Waals surface area contributed by atoms with Crippen molar-refractivity contribution in [3.05, 3.63) is 89.6 Å². The molecule has 0 fully saturated rings. The zero-order valence-corrected chi connectivity index (χ0v) is 19.1. The molecule has 4 nitrogen and oxygen atoms in total. The van der Waals surface area contributed by atoms with Crippen LogP contribution in [-0.2, 0) is 11.2 Å². The number of hydrogen-bond acceptors (Lipinski definition) is 5. The fourth-order valence-electron chi connectivity index (χ4n) is 3.18. The van der Waals surface area contributed by atoms with Crippen LogP contribution in [0.1, 0.15) is 16.8 Å². The van der Waals surface area contributed by atoms with Crippen molar-refractivity contribution in [1.29, 1.82) is 0 Å². The van der Waals surface area contributed by atoms with Crippen LogP contribution in [-0.4, -0.2) is 27.9 Å². The Hall–Kier alpha value is -2.83. The van der Waals surface area contributed by atoms with Gasteiger partial charge >= 0.3 is 0 Å². The van der Waals surface area contributed by atoms with Crippen LogP contribution in [0.25, 0.3) is 11.0 Å². The van der Waals surface area contributed by atoms with E-state index in [-0.39, 0.29) is 11.7 Å². The molecule has 0 radical (unpaired) electrons. The number of fused-ring (bicyclic) bond motifs is 1. The highest BCUT2D eigenvalue weighted by atomic mass is 32.2. The summed E-state index contributed by atoms with van der Waals surface area (Å²) in [5, 5.41) is 3.78. The normalized spacial score (nSPS) is 10.9. The molecule has 0 aliphatic heterocycles. The highest BCUT2D eigenvalue weighted by Crippen LogP contribution is 2.25. The molecular weight excluding hydrogens is 422 g/mol. The monoisotopic (exact) mass is 445 g/mol. The van der Waals surface area contributed by atoms with Gasteiger partial charge in [-0.3, -0.25) is 4.79 Å². The number of rotatable bonds is 7. The van der Waals surface area contributed by atoms with Gasteiger partial charge in [0, 0.05) is 17.0 Å². The number of amides is 1. The van der Waals surface area contributed by atoms with Gasteiger partial charge in [-0.05, 0) is 49.1 Å². The zero-order chi connectivity index (χ0) is 21.6. The lowest BCUT2D eigenvalue weighted by atomic mass is 10.1. The van der Waals surface area contributed by atoms with E-state index in [1.807, 2.05) is 54.8 Å². The number of aromatic nitrogens is 2. The molecule has 0 aliphatic carbocycles. The molecular formula is C25H23N3OS2. The van der Waals surface area contributed by atoms with E-state index in [9.17, 15) is 4.79 Å². The maximum Gasteiger partial charge on any atom is 0.234 e. The number of benzene rings is 3. The second-order valence-corrected chi connectivity index (χ2v) is 9.04. The predicted molar refractivity (Wildman–Crippen MR) is 131 cm³/mol. The summed E-state index contributed by atoms with van der Waals surface area (Å²) in [5.74, 6) is 0.219. The lowest BCUT2D eigenvalue weighted by Gasteiger charge is -2.11. The predicted octanol–water partition coefficient (Wildman–Crippen LogP) is 5.98. The second kappa shape index (κ2) is 9.98. The fraction of sp³-hybridized carbons (Fsp3) is 0.160. The van der Waals surface area contributed by atoms with Crippen LogP contribution in [0.15, 0.2) is 82.7 Å². The first kappa shape index (κ1) is 21.4. The van der Waals surface area contributed by atoms with Crippen molar-refractivity contribution < 1.29 is 4.79 Å². The molecule has 0 spiro atoms. The van der Waals surface area contributed by atoms with Crippen molar-refractivity contribution in [2.75, 3.05) is 17.3 Å². The summed E-state index contributed by atoms with van der Waals surface area (Å²) in [4.78, 5) is 23.4. The molecule has 3 aromatic carbocycles. The third-order valence-corrected chi connectivity index (χ3v) is 6.52. The van der Waals surface area contributed by atoms with Crippen LogP contribution < -0.4 is 5.32 Å². The van der Waals surface area contributed by atoms with E-state index in [0.29, 0.717) is 6.42 Å². The van der Waals surface area contributed by atoms with Crippen LogP contribution in [0.4, 0.5) is 5.69 Å². The van der Waals surface area contributed by atoms with Gasteiger partial charge in [0.25, 0.3) is 0 Å². The van der Waals surface area contributed by atoms with Gasteiger partial charge in [-0.1, -0.05) is 59.8 Å². The third kappa shape index (κ3) is 5.66. The Bertz CT molecular complexity index is 1210. The maximum atomic E-state index is 12.6. The van der Waals surface area contributed by atoms with Gasteiger partial charge in [-0.2, -0.15) is 0 Å². The van der Waals surface area contributed by atoms with E-state index >= 15 is 0 Å². The maximum absolute atomic E-state index is 12.6. The summed E-state index contributed by atoms with van der Waals surface area (Å²) in [6.07, 6.45) is 2.70. The number of carbonyl (C=O) groups is 1. The van der Waals surface area contributed by atoms with Crippen LogP contribution in [0.3, 0.4) is 0 Å². The summed E-state index contributed by atoms with van der Waals surface area (Å²) in [6.45, 7) is 2.08. The van der Waals surface area contributed by atoms with Gasteiger partial charge < -0.3 is 5.32 Å². The molecule has 4 rings (SSSR count). The highest BCUT2D eigenvalue weighted by Gasteiger charge is 2.13. The Morgan fingerprint density at radius 3 is 2.42 bits per heavy atom. The lowest BCUT2D eigenvalue weighted by molar-refractivity contribution is -0.113. The Labute approximate surface area is 190 Å². The van der Waals surface area contributed by atoms with Crippen molar-refractivity contribution in [2.45, 2.75) is 23.3 Å². The Kier molecular flexibility index (Phi) is 6.89. The lowest BCUT2D eigenvalue weighted by Crippen LogP contribution is -2.14. The molecule has 0 saturated heterocycles. The van der Waals surface area contributed by atoms with Gasteiger partial charge in [-0.15, -0.1) is 11.8 Å². The van der Waals surface area contributed by atoms with E-state index < -0.39 is 0 Å². The molecule has 0 unspecified atom stereocenters. The Morgan fingerprint density at radius 1 is 0.935 bits per heavy atom. The van der Waals surface area contributed by atoms with Gasteiger partial charge in [0.1, 0.15) is 5.03 Å². The minimum absolute atomic E-state index is 0.0560. The van der Waals surface area contributed by atoms with Crippen molar-refractivity contribution in [1.82, 2.24) is 9.97 Å². The molecule has 0 bridgehead atoms. The van der Waals surface area contributed by atoms with E-state index in [2.05, 4.69) is 36.5 Å². The van der Waals surface area contributed by atoms with Crippen LogP contribution in [0.2, 0.25) is 0 Å². The first-order chi connectivity index (χ1) is 15.1.